The molecule has 10 nitrogen and oxygen atoms in total. The number of aromatic nitrogens is 1. The minimum absolute atomic E-state index is 0.296. The summed E-state index contributed by atoms with van der Waals surface area (Å²) in [6.45, 7) is 2.10. The second-order valence-corrected chi connectivity index (χ2v) is 5.74. The number of nitro groups is 1. The zero-order valence-corrected chi connectivity index (χ0v) is 14.7. The van der Waals surface area contributed by atoms with Crippen LogP contribution in [0, 0.1) is 10.1 Å². The quantitative estimate of drug-likeness (QED) is 0.354. The van der Waals surface area contributed by atoms with E-state index in [4.69, 9.17) is 10.2 Å². The van der Waals surface area contributed by atoms with Crippen LogP contribution >= 0.6 is 15.9 Å². The van der Waals surface area contributed by atoms with Crippen molar-refractivity contribution < 1.29 is 24.7 Å². The normalized spacial score (nSPS) is 14.4. The topological polar surface area (TPSA) is 146 Å². The highest BCUT2D eigenvalue weighted by Crippen LogP contribution is 2.14. The molecule has 0 radical (unpaired) electrons. The van der Waals surface area contributed by atoms with Crippen LogP contribution in [0.1, 0.15) is 18.4 Å². The number of aliphatic carboxylic acids is 2. The highest BCUT2D eigenvalue weighted by atomic mass is 79.9. The molecule has 3 N–H and O–H groups in total. The monoisotopic (exact) mass is 416 g/mol. The molecular formula is C14H17BrN4O6. The molecule has 0 aromatic carbocycles. The van der Waals surface area contributed by atoms with Crippen LogP contribution in [0.4, 0.5) is 0 Å². The van der Waals surface area contributed by atoms with E-state index in [1.54, 1.807) is 6.20 Å². The van der Waals surface area contributed by atoms with E-state index in [-0.39, 0.29) is 12.8 Å². The van der Waals surface area contributed by atoms with Crippen LogP contribution in [0.25, 0.3) is 0 Å². The largest absolute Gasteiger partial charge is 0.481 e. The fourth-order valence-electron chi connectivity index (χ4n) is 1.88. The predicted octanol–water partition coefficient (Wildman–Crippen LogP) is 1.26. The number of halogens is 1. The summed E-state index contributed by atoms with van der Waals surface area (Å²) in [5, 5.41) is 29.2. The number of carboxylic acid groups (broad SMARTS) is 2. The second kappa shape index (κ2) is 10.2. The first kappa shape index (κ1) is 20.4. The van der Waals surface area contributed by atoms with Crippen molar-refractivity contribution in [3.63, 3.8) is 0 Å². The Morgan fingerprint density at radius 2 is 2.00 bits per heavy atom. The molecule has 1 aliphatic rings. The van der Waals surface area contributed by atoms with Gasteiger partial charge in [0.1, 0.15) is 4.60 Å². The molecule has 2 heterocycles. The number of rotatable bonds is 6. The van der Waals surface area contributed by atoms with Crippen LogP contribution in [-0.2, 0) is 16.1 Å². The molecule has 1 aromatic rings. The third kappa shape index (κ3) is 8.65. The molecule has 25 heavy (non-hydrogen) atoms. The Hall–Kier alpha value is -2.69. The van der Waals surface area contributed by atoms with Gasteiger partial charge in [0.25, 0.3) is 6.20 Å². The third-order valence-electron chi connectivity index (χ3n) is 2.97. The summed E-state index contributed by atoms with van der Waals surface area (Å²) in [5.74, 6) is -1.60. The Balaban J connectivity index is 0.000000333. The maximum absolute atomic E-state index is 10.4. The van der Waals surface area contributed by atoms with Crippen LogP contribution in [0.15, 0.2) is 35.0 Å². The molecule has 0 spiro atoms. The van der Waals surface area contributed by atoms with E-state index in [0.717, 1.165) is 29.5 Å². The minimum atomic E-state index is -1.08. The standard InChI is InChI=1S/C10H11BrN4O2.C4H6O4/c11-9-2-1-8(5-13-9)6-14-4-3-12-10(14)7-15(16)17;5-3(6)1-2-4(7)8/h1-2,5,7,12H,3-4,6H2;1-2H2,(H,5,6)(H,7,8). The number of hydrogen-bond acceptors (Lipinski definition) is 7. The maximum Gasteiger partial charge on any atom is 0.303 e. The lowest BCUT2D eigenvalue weighted by molar-refractivity contribution is -0.404. The van der Waals surface area contributed by atoms with Gasteiger partial charge in [-0.05, 0) is 27.6 Å². The Labute approximate surface area is 151 Å². The van der Waals surface area contributed by atoms with Gasteiger partial charge in [-0.1, -0.05) is 6.07 Å². The van der Waals surface area contributed by atoms with Crippen molar-refractivity contribution >= 4 is 27.9 Å². The Morgan fingerprint density at radius 3 is 2.48 bits per heavy atom. The molecule has 11 heteroatoms. The Kier molecular flexibility index (Phi) is 8.33. The molecule has 1 fully saturated rings. The van der Waals surface area contributed by atoms with Gasteiger partial charge in [-0.25, -0.2) is 4.98 Å². The predicted molar refractivity (Wildman–Crippen MR) is 89.9 cm³/mol. The van der Waals surface area contributed by atoms with E-state index in [2.05, 4.69) is 26.2 Å². The molecule has 2 rings (SSSR count). The van der Waals surface area contributed by atoms with Crippen molar-refractivity contribution in [2.75, 3.05) is 13.1 Å². The summed E-state index contributed by atoms with van der Waals surface area (Å²) in [4.78, 5) is 35.3. The molecular weight excluding hydrogens is 400 g/mol. The van der Waals surface area contributed by atoms with Crippen molar-refractivity contribution in [1.82, 2.24) is 15.2 Å². The van der Waals surface area contributed by atoms with Gasteiger partial charge in [0.15, 0.2) is 5.82 Å². The average Bonchev–Trinajstić information content (AvgIpc) is 2.94. The van der Waals surface area contributed by atoms with Gasteiger partial charge >= 0.3 is 11.9 Å². The molecule has 1 aromatic heterocycles. The summed E-state index contributed by atoms with van der Waals surface area (Å²) in [5.41, 5.74) is 1.02. The summed E-state index contributed by atoms with van der Waals surface area (Å²) in [6.07, 6.45) is 2.16. The lowest BCUT2D eigenvalue weighted by atomic mass is 10.3. The zero-order chi connectivity index (χ0) is 18.8. The van der Waals surface area contributed by atoms with E-state index in [1.165, 1.54) is 0 Å². The summed E-state index contributed by atoms with van der Waals surface area (Å²) >= 11 is 3.26. The van der Waals surface area contributed by atoms with Crippen LogP contribution in [-0.4, -0.2) is 50.0 Å². The van der Waals surface area contributed by atoms with E-state index in [1.807, 2.05) is 17.0 Å². The van der Waals surface area contributed by atoms with Crippen LogP contribution in [0.5, 0.6) is 0 Å². The highest BCUT2D eigenvalue weighted by molar-refractivity contribution is 9.10. The zero-order valence-electron chi connectivity index (χ0n) is 13.1. The SMILES string of the molecule is O=C(O)CCC(=O)O.O=[N+]([O-])C=C1NCCN1Cc1ccc(Br)nc1. The average molecular weight is 417 g/mol. The van der Waals surface area contributed by atoms with Crippen molar-refractivity contribution in [2.45, 2.75) is 19.4 Å². The summed E-state index contributed by atoms with van der Waals surface area (Å²) in [6, 6.07) is 3.80. The Morgan fingerprint density at radius 1 is 1.36 bits per heavy atom. The van der Waals surface area contributed by atoms with Gasteiger partial charge in [-0.15, -0.1) is 0 Å². The molecule has 0 amide bonds. The van der Waals surface area contributed by atoms with Gasteiger partial charge in [0.05, 0.1) is 17.8 Å². The molecule has 1 aliphatic heterocycles. The first-order chi connectivity index (χ1) is 11.8. The fourth-order valence-corrected chi connectivity index (χ4v) is 2.11. The molecule has 0 aliphatic carbocycles. The second-order valence-electron chi connectivity index (χ2n) is 4.92. The molecule has 0 unspecified atom stereocenters. The van der Waals surface area contributed by atoms with E-state index >= 15 is 0 Å². The molecule has 0 saturated carbocycles. The number of pyridine rings is 1. The minimum Gasteiger partial charge on any atom is -0.481 e. The van der Waals surface area contributed by atoms with E-state index in [9.17, 15) is 19.7 Å². The van der Waals surface area contributed by atoms with Gasteiger partial charge in [0.2, 0.25) is 0 Å². The number of carboxylic acids is 2. The van der Waals surface area contributed by atoms with Crippen molar-refractivity contribution in [3.8, 4) is 0 Å². The number of carbonyl (C=O) groups is 2. The van der Waals surface area contributed by atoms with Crippen LogP contribution < -0.4 is 5.32 Å². The van der Waals surface area contributed by atoms with Crippen LogP contribution in [0.3, 0.4) is 0 Å². The lowest BCUT2D eigenvalue weighted by Gasteiger charge is -2.16. The number of hydrogen-bond donors (Lipinski definition) is 3. The molecule has 1 saturated heterocycles. The molecule has 136 valence electrons. The molecule has 0 atom stereocenters. The third-order valence-corrected chi connectivity index (χ3v) is 3.44. The van der Waals surface area contributed by atoms with Crippen LogP contribution in [0.2, 0.25) is 0 Å². The number of nitrogens with zero attached hydrogens (tertiary/aromatic N) is 3. The van der Waals surface area contributed by atoms with E-state index in [0.29, 0.717) is 12.4 Å². The first-order valence-corrected chi connectivity index (χ1v) is 7.95. The van der Waals surface area contributed by atoms with E-state index < -0.39 is 16.9 Å². The smallest absolute Gasteiger partial charge is 0.303 e. The van der Waals surface area contributed by atoms with Gasteiger partial charge in [0, 0.05) is 25.8 Å². The van der Waals surface area contributed by atoms with Gasteiger partial charge in [-0.3, -0.25) is 19.7 Å². The summed E-state index contributed by atoms with van der Waals surface area (Å²) < 4.78 is 0.779. The van der Waals surface area contributed by atoms with Crippen molar-refractivity contribution in [2.24, 2.45) is 0 Å². The fraction of sp³-hybridized carbons (Fsp3) is 0.357. The first-order valence-electron chi connectivity index (χ1n) is 7.16. The molecule has 0 bridgehead atoms. The highest BCUT2D eigenvalue weighted by Gasteiger charge is 2.19. The van der Waals surface area contributed by atoms with Crippen molar-refractivity contribution in [3.05, 3.63) is 50.6 Å². The number of nitrogens with one attached hydrogen (secondary N) is 1. The van der Waals surface area contributed by atoms with Gasteiger partial charge in [-0.2, -0.15) is 0 Å². The van der Waals surface area contributed by atoms with Gasteiger partial charge < -0.3 is 20.4 Å². The maximum atomic E-state index is 10.4. The Bertz CT molecular complexity index is 635. The lowest BCUT2D eigenvalue weighted by Crippen LogP contribution is -2.20. The van der Waals surface area contributed by atoms with Crippen molar-refractivity contribution in [1.29, 1.82) is 0 Å². The summed E-state index contributed by atoms with van der Waals surface area (Å²) in [7, 11) is 0.